The standard InChI is InChI=1S/C20H20N6O2S/c21-13-8-11-9-17(23-16(11)10-14(13)22)25-18(27)6-3-7-29-20-24-15-5-2-1-4-12(15)19(28)26-20/h1-2,4-5,8,10H,3,6-7,9,21-22H2,(H,23,25,27)(H,24,26,28). The lowest BCUT2D eigenvalue weighted by Crippen LogP contribution is -2.30. The van der Waals surface area contributed by atoms with E-state index in [0.717, 1.165) is 11.3 Å². The summed E-state index contributed by atoms with van der Waals surface area (Å²) in [6, 6.07) is 10.7. The van der Waals surface area contributed by atoms with Gasteiger partial charge in [-0.3, -0.25) is 9.59 Å². The summed E-state index contributed by atoms with van der Waals surface area (Å²) in [5.74, 6) is 1.16. The molecule has 9 heteroatoms. The minimum absolute atomic E-state index is 0.0990. The van der Waals surface area contributed by atoms with Crippen molar-refractivity contribution >= 4 is 51.5 Å². The second kappa shape index (κ2) is 7.96. The summed E-state index contributed by atoms with van der Waals surface area (Å²) in [6.07, 6.45) is 1.53. The maximum atomic E-state index is 12.2. The van der Waals surface area contributed by atoms with Crippen LogP contribution in [0.1, 0.15) is 18.4 Å². The van der Waals surface area contributed by atoms with Gasteiger partial charge < -0.3 is 21.8 Å². The van der Waals surface area contributed by atoms with E-state index in [9.17, 15) is 9.59 Å². The quantitative estimate of drug-likeness (QED) is 0.221. The molecule has 2 aromatic carbocycles. The highest BCUT2D eigenvalue weighted by Gasteiger charge is 2.18. The summed E-state index contributed by atoms with van der Waals surface area (Å²) in [5, 5.41) is 3.97. The number of benzene rings is 2. The summed E-state index contributed by atoms with van der Waals surface area (Å²) >= 11 is 1.42. The molecule has 0 bridgehead atoms. The third-order valence-electron chi connectivity index (χ3n) is 4.56. The first-order valence-electron chi connectivity index (χ1n) is 9.17. The number of hydrogen-bond donors (Lipinski definition) is 4. The predicted octanol–water partition coefficient (Wildman–Crippen LogP) is 2.36. The number of rotatable bonds is 5. The van der Waals surface area contributed by atoms with Crippen molar-refractivity contribution in [1.29, 1.82) is 0 Å². The van der Waals surface area contributed by atoms with E-state index in [4.69, 9.17) is 11.5 Å². The number of nitrogen functional groups attached to an aromatic ring is 2. The third-order valence-corrected chi connectivity index (χ3v) is 5.52. The maximum absolute atomic E-state index is 12.2. The van der Waals surface area contributed by atoms with Crippen molar-refractivity contribution in [3.8, 4) is 0 Å². The van der Waals surface area contributed by atoms with Crippen LogP contribution in [0, 0.1) is 0 Å². The van der Waals surface area contributed by atoms with Gasteiger partial charge in [0.05, 0.1) is 28.0 Å². The van der Waals surface area contributed by atoms with E-state index in [1.807, 2.05) is 18.2 Å². The Morgan fingerprint density at radius 2 is 2.00 bits per heavy atom. The van der Waals surface area contributed by atoms with Crippen molar-refractivity contribution in [3.63, 3.8) is 0 Å². The van der Waals surface area contributed by atoms with Crippen LogP contribution in [0.15, 0.2) is 51.3 Å². The number of H-pyrrole nitrogens is 1. The van der Waals surface area contributed by atoms with E-state index in [1.54, 1.807) is 18.2 Å². The second-order valence-corrected chi connectivity index (χ2v) is 7.82. The van der Waals surface area contributed by atoms with Gasteiger partial charge in [-0.15, -0.1) is 0 Å². The zero-order valence-corrected chi connectivity index (χ0v) is 16.4. The van der Waals surface area contributed by atoms with E-state index in [2.05, 4.69) is 20.3 Å². The average molecular weight is 408 g/mol. The molecule has 0 aliphatic carbocycles. The highest BCUT2D eigenvalue weighted by molar-refractivity contribution is 7.99. The smallest absolute Gasteiger partial charge is 0.259 e. The highest BCUT2D eigenvalue weighted by atomic mass is 32.2. The summed E-state index contributed by atoms with van der Waals surface area (Å²) in [5.41, 5.74) is 14.8. The highest BCUT2D eigenvalue weighted by Crippen LogP contribution is 2.32. The van der Waals surface area contributed by atoms with Gasteiger partial charge in [0.1, 0.15) is 5.84 Å². The Morgan fingerprint density at radius 3 is 2.86 bits per heavy atom. The van der Waals surface area contributed by atoms with E-state index in [0.29, 0.717) is 58.3 Å². The Bertz CT molecular complexity index is 1190. The second-order valence-electron chi connectivity index (χ2n) is 6.73. The third kappa shape index (κ3) is 4.24. The van der Waals surface area contributed by atoms with Crippen LogP contribution in [0.25, 0.3) is 10.9 Å². The van der Waals surface area contributed by atoms with Crippen molar-refractivity contribution in [2.45, 2.75) is 24.4 Å². The number of amides is 1. The Kier molecular flexibility index (Phi) is 5.22. The molecule has 29 heavy (non-hydrogen) atoms. The van der Waals surface area contributed by atoms with Crippen molar-refractivity contribution in [1.82, 2.24) is 15.3 Å². The lowest BCUT2D eigenvalue weighted by Gasteiger charge is -2.05. The van der Waals surface area contributed by atoms with Gasteiger partial charge in [0, 0.05) is 18.6 Å². The van der Waals surface area contributed by atoms with Crippen molar-refractivity contribution in [3.05, 3.63) is 52.3 Å². The van der Waals surface area contributed by atoms with Crippen molar-refractivity contribution in [2.75, 3.05) is 17.2 Å². The molecule has 0 saturated heterocycles. The molecular weight excluding hydrogens is 388 g/mol. The first kappa shape index (κ1) is 19.0. The molecule has 1 aromatic heterocycles. The summed E-state index contributed by atoms with van der Waals surface area (Å²) in [4.78, 5) is 35.9. The Balaban J connectivity index is 1.27. The molecule has 2 heterocycles. The normalized spacial score (nSPS) is 12.6. The largest absolute Gasteiger partial charge is 0.397 e. The van der Waals surface area contributed by atoms with Crippen molar-refractivity contribution < 1.29 is 4.79 Å². The minimum atomic E-state index is -0.157. The van der Waals surface area contributed by atoms with Crippen LogP contribution in [0.4, 0.5) is 17.1 Å². The molecule has 1 aliphatic heterocycles. The number of thioether (sulfide) groups is 1. The molecule has 0 radical (unpaired) electrons. The SMILES string of the molecule is Nc1cc2c(cc1N)N=C(NC(=O)CCCSc1nc3ccccc3c(=O)[nH]1)C2. The van der Waals surface area contributed by atoms with Gasteiger partial charge in [-0.2, -0.15) is 0 Å². The van der Waals surface area contributed by atoms with Gasteiger partial charge in [-0.05, 0) is 36.2 Å². The summed E-state index contributed by atoms with van der Waals surface area (Å²) in [7, 11) is 0. The molecular formula is C20H20N6O2S. The number of amidine groups is 1. The number of nitrogens with zero attached hydrogens (tertiary/aromatic N) is 2. The molecule has 0 spiro atoms. The Morgan fingerprint density at radius 1 is 1.21 bits per heavy atom. The fourth-order valence-corrected chi connectivity index (χ4v) is 3.92. The molecule has 148 valence electrons. The van der Waals surface area contributed by atoms with Crippen molar-refractivity contribution in [2.24, 2.45) is 4.99 Å². The van der Waals surface area contributed by atoms with Gasteiger partial charge in [-0.1, -0.05) is 23.9 Å². The molecule has 0 fully saturated rings. The number of carbonyl (C=O) groups excluding carboxylic acids is 1. The zero-order valence-electron chi connectivity index (χ0n) is 15.6. The molecule has 1 aliphatic rings. The van der Waals surface area contributed by atoms with Crippen LogP contribution in [-0.2, 0) is 11.2 Å². The van der Waals surface area contributed by atoms with Crippen LogP contribution in [0.3, 0.4) is 0 Å². The number of hydrogen-bond acceptors (Lipinski definition) is 7. The number of anilines is 2. The number of carbonyl (C=O) groups is 1. The Labute approximate surface area is 170 Å². The van der Waals surface area contributed by atoms with Crippen LogP contribution < -0.4 is 22.3 Å². The fourth-order valence-electron chi connectivity index (χ4n) is 3.11. The molecule has 0 atom stereocenters. The van der Waals surface area contributed by atoms with E-state index >= 15 is 0 Å². The zero-order chi connectivity index (χ0) is 20.4. The van der Waals surface area contributed by atoms with Crippen LogP contribution in [0.5, 0.6) is 0 Å². The predicted molar refractivity (Wildman–Crippen MR) is 117 cm³/mol. The number of nitrogens with two attached hydrogens (primary N) is 2. The number of fused-ring (bicyclic) bond motifs is 2. The van der Waals surface area contributed by atoms with E-state index in [-0.39, 0.29) is 11.5 Å². The lowest BCUT2D eigenvalue weighted by atomic mass is 10.1. The summed E-state index contributed by atoms with van der Waals surface area (Å²) < 4.78 is 0. The average Bonchev–Trinajstić information content (AvgIpc) is 3.06. The van der Waals surface area contributed by atoms with Gasteiger partial charge in [0.2, 0.25) is 5.91 Å². The topological polar surface area (TPSA) is 139 Å². The minimum Gasteiger partial charge on any atom is -0.397 e. The number of aliphatic imine (C=N–C) groups is 1. The maximum Gasteiger partial charge on any atom is 0.259 e. The molecule has 8 nitrogen and oxygen atoms in total. The molecule has 0 saturated carbocycles. The Hall–Kier alpha value is -3.33. The van der Waals surface area contributed by atoms with E-state index < -0.39 is 0 Å². The number of aromatic nitrogens is 2. The molecule has 0 unspecified atom stereocenters. The first-order chi connectivity index (χ1) is 14.0. The van der Waals surface area contributed by atoms with Gasteiger partial charge >= 0.3 is 0 Å². The van der Waals surface area contributed by atoms with E-state index in [1.165, 1.54) is 11.8 Å². The number of para-hydroxylation sites is 1. The monoisotopic (exact) mass is 408 g/mol. The van der Waals surface area contributed by atoms with Crippen LogP contribution >= 0.6 is 11.8 Å². The van der Waals surface area contributed by atoms with Crippen LogP contribution in [0.2, 0.25) is 0 Å². The van der Waals surface area contributed by atoms with Gasteiger partial charge in [-0.25, -0.2) is 9.98 Å². The number of nitrogens with one attached hydrogen (secondary N) is 2. The summed E-state index contributed by atoms with van der Waals surface area (Å²) in [6.45, 7) is 0. The van der Waals surface area contributed by atoms with Gasteiger partial charge in [0.15, 0.2) is 5.16 Å². The molecule has 3 aromatic rings. The molecule has 6 N–H and O–H groups in total. The fraction of sp³-hybridized carbons (Fsp3) is 0.200. The lowest BCUT2D eigenvalue weighted by molar-refractivity contribution is -0.119. The number of aromatic amines is 1. The molecule has 1 amide bonds. The van der Waals surface area contributed by atoms with Gasteiger partial charge in [0.25, 0.3) is 5.56 Å². The molecule has 4 rings (SSSR count). The van der Waals surface area contributed by atoms with Crippen LogP contribution in [-0.4, -0.2) is 27.5 Å². The first-order valence-corrected chi connectivity index (χ1v) is 10.2.